The van der Waals surface area contributed by atoms with E-state index in [1.807, 2.05) is 20.8 Å². The second kappa shape index (κ2) is 6.57. The number of methoxy groups -OCH3 is 1. The van der Waals surface area contributed by atoms with Crippen LogP contribution in [0.25, 0.3) is 0 Å². The van der Waals surface area contributed by atoms with E-state index in [9.17, 15) is 9.90 Å². The number of hydrogen-bond donors (Lipinski definition) is 2. The summed E-state index contributed by atoms with van der Waals surface area (Å²) in [5, 5.41) is 12.5. The van der Waals surface area contributed by atoms with E-state index in [2.05, 4.69) is 5.32 Å². The van der Waals surface area contributed by atoms with Crippen molar-refractivity contribution in [1.29, 1.82) is 0 Å². The molecular weight excluding hydrogens is 246 g/mol. The lowest BCUT2D eigenvalue weighted by Gasteiger charge is -2.27. The van der Waals surface area contributed by atoms with Gasteiger partial charge in [-0.15, -0.1) is 0 Å². The molecule has 1 aliphatic rings. The van der Waals surface area contributed by atoms with Crippen LogP contribution in [0.15, 0.2) is 0 Å². The zero-order chi connectivity index (χ0) is 14.5. The van der Waals surface area contributed by atoms with Crippen molar-refractivity contribution in [2.24, 2.45) is 5.41 Å². The van der Waals surface area contributed by atoms with Crippen LogP contribution in [0.4, 0.5) is 4.79 Å². The molecule has 0 aromatic carbocycles. The molecule has 0 aromatic rings. The largest absolute Gasteiger partial charge is 0.444 e. The zero-order valence-corrected chi connectivity index (χ0v) is 12.5. The quantitative estimate of drug-likeness (QED) is 0.804. The van der Waals surface area contributed by atoms with Crippen LogP contribution >= 0.6 is 0 Å². The summed E-state index contributed by atoms with van der Waals surface area (Å²) in [7, 11) is 1.66. The van der Waals surface area contributed by atoms with Crippen molar-refractivity contribution in [3.05, 3.63) is 0 Å². The molecule has 1 amide bonds. The third-order valence-corrected chi connectivity index (χ3v) is 3.60. The predicted molar refractivity (Wildman–Crippen MR) is 73.0 cm³/mol. The SMILES string of the molecule is COCCC1(CO)CCC(NC(=O)OC(C)(C)C)C1. The molecule has 0 saturated heterocycles. The van der Waals surface area contributed by atoms with Crippen molar-refractivity contribution in [3.8, 4) is 0 Å². The lowest BCUT2D eigenvalue weighted by molar-refractivity contribution is 0.0487. The lowest BCUT2D eigenvalue weighted by atomic mass is 9.84. The molecule has 2 atom stereocenters. The highest BCUT2D eigenvalue weighted by atomic mass is 16.6. The average Bonchev–Trinajstić information content (AvgIpc) is 2.68. The summed E-state index contributed by atoms with van der Waals surface area (Å²) in [6.07, 6.45) is 3.02. The summed E-state index contributed by atoms with van der Waals surface area (Å²) in [6, 6.07) is 0.0823. The van der Waals surface area contributed by atoms with Gasteiger partial charge in [-0.05, 0) is 51.9 Å². The Morgan fingerprint density at radius 2 is 2.16 bits per heavy atom. The number of aliphatic hydroxyl groups is 1. The third kappa shape index (κ3) is 5.37. The van der Waals surface area contributed by atoms with Gasteiger partial charge in [-0.25, -0.2) is 4.79 Å². The van der Waals surface area contributed by atoms with Crippen molar-refractivity contribution >= 4 is 6.09 Å². The van der Waals surface area contributed by atoms with Crippen molar-refractivity contribution < 1.29 is 19.4 Å². The van der Waals surface area contributed by atoms with Crippen LogP contribution in [0.2, 0.25) is 0 Å². The number of nitrogens with one attached hydrogen (secondary N) is 1. The van der Waals surface area contributed by atoms with Gasteiger partial charge in [0.2, 0.25) is 0 Å². The fourth-order valence-electron chi connectivity index (χ4n) is 2.57. The van der Waals surface area contributed by atoms with Crippen LogP contribution in [-0.2, 0) is 9.47 Å². The van der Waals surface area contributed by atoms with Gasteiger partial charge in [-0.1, -0.05) is 0 Å². The maximum atomic E-state index is 11.7. The summed E-state index contributed by atoms with van der Waals surface area (Å²) < 4.78 is 10.3. The molecule has 1 fully saturated rings. The van der Waals surface area contributed by atoms with Gasteiger partial charge in [-0.2, -0.15) is 0 Å². The maximum absolute atomic E-state index is 11.7. The molecule has 0 radical (unpaired) electrons. The minimum Gasteiger partial charge on any atom is -0.444 e. The summed E-state index contributed by atoms with van der Waals surface area (Å²) in [5.74, 6) is 0. The van der Waals surface area contributed by atoms with Crippen molar-refractivity contribution in [2.75, 3.05) is 20.3 Å². The Bertz CT molecular complexity index is 300. The van der Waals surface area contributed by atoms with E-state index < -0.39 is 5.60 Å². The van der Waals surface area contributed by atoms with Gasteiger partial charge in [0.1, 0.15) is 5.60 Å². The van der Waals surface area contributed by atoms with Crippen molar-refractivity contribution in [3.63, 3.8) is 0 Å². The van der Waals surface area contributed by atoms with E-state index in [-0.39, 0.29) is 24.2 Å². The van der Waals surface area contributed by atoms with Gasteiger partial charge in [0, 0.05) is 26.4 Å². The molecule has 1 saturated carbocycles. The number of amides is 1. The number of alkyl carbamates (subject to hydrolysis) is 1. The molecule has 0 aromatic heterocycles. The second-order valence-corrected chi connectivity index (χ2v) is 6.49. The van der Waals surface area contributed by atoms with E-state index in [0.717, 1.165) is 25.7 Å². The molecule has 0 bridgehead atoms. The van der Waals surface area contributed by atoms with E-state index >= 15 is 0 Å². The average molecular weight is 273 g/mol. The smallest absolute Gasteiger partial charge is 0.407 e. The van der Waals surface area contributed by atoms with Gasteiger partial charge in [0.05, 0.1) is 0 Å². The molecule has 0 heterocycles. The molecule has 1 rings (SSSR count). The fraction of sp³-hybridized carbons (Fsp3) is 0.929. The highest BCUT2D eigenvalue weighted by Crippen LogP contribution is 2.40. The number of ether oxygens (including phenoxy) is 2. The lowest BCUT2D eigenvalue weighted by Crippen LogP contribution is -2.39. The summed E-state index contributed by atoms with van der Waals surface area (Å²) in [6.45, 7) is 6.32. The van der Waals surface area contributed by atoms with E-state index in [0.29, 0.717) is 6.61 Å². The highest BCUT2D eigenvalue weighted by molar-refractivity contribution is 5.68. The molecule has 5 nitrogen and oxygen atoms in total. The number of hydrogen-bond acceptors (Lipinski definition) is 4. The zero-order valence-electron chi connectivity index (χ0n) is 12.5. The van der Waals surface area contributed by atoms with Gasteiger partial charge in [-0.3, -0.25) is 0 Å². The normalized spacial score (nSPS) is 27.3. The Morgan fingerprint density at radius 1 is 1.47 bits per heavy atom. The molecule has 19 heavy (non-hydrogen) atoms. The van der Waals surface area contributed by atoms with Crippen LogP contribution in [-0.4, -0.2) is 43.2 Å². The molecule has 2 unspecified atom stereocenters. The van der Waals surface area contributed by atoms with Crippen molar-refractivity contribution in [1.82, 2.24) is 5.32 Å². The molecule has 5 heteroatoms. The molecule has 112 valence electrons. The van der Waals surface area contributed by atoms with Gasteiger partial charge >= 0.3 is 6.09 Å². The first-order valence-corrected chi connectivity index (χ1v) is 6.89. The van der Waals surface area contributed by atoms with Crippen LogP contribution in [0.5, 0.6) is 0 Å². The van der Waals surface area contributed by atoms with Crippen molar-refractivity contribution in [2.45, 2.75) is 58.1 Å². The van der Waals surface area contributed by atoms with Crippen LogP contribution in [0.3, 0.4) is 0 Å². The standard InChI is InChI=1S/C14H27NO4/c1-13(2,3)19-12(17)15-11-5-6-14(9-11,10-16)7-8-18-4/h11,16H,5-10H2,1-4H3,(H,15,17). The minimum atomic E-state index is -0.479. The molecular formula is C14H27NO4. The van der Waals surface area contributed by atoms with Gasteiger partial charge < -0.3 is 19.9 Å². The van der Waals surface area contributed by atoms with Crippen LogP contribution < -0.4 is 5.32 Å². The Morgan fingerprint density at radius 3 is 2.68 bits per heavy atom. The first-order chi connectivity index (χ1) is 8.80. The predicted octanol–water partition coefficient (Wildman–Crippen LogP) is 2.08. The number of carbonyl (C=O) groups is 1. The van der Waals surface area contributed by atoms with Crippen LogP contribution in [0, 0.1) is 5.41 Å². The van der Waals surface area contributed by atoms with E-state index in [1.54, 1.807) is 7.11 Å². The Kier molecular flexibility index (Phi) is 5.62. The Hall–Kier alpha value is -0.810. The maximum Gasteiger partial charge on any atom is 0.407 e. The van der Waals surface area contributed by atoms with Gasteiger partial charge in [0.25, 0.3) is 0 Å². The second-order valence-electron chi connectivity index (χ2n) is 6.49. The number of aliphatic hydroxyl groups excluding tert-OH is 1. The molecule has 0 spiro atoms. The first kappa shape index (κ1) is 16.2. The molecule has 0 aliphatic heterocycles. The monoisotopic (exact) mass is 273 g/mol. The van der Waals surface area contributed by atoms with E-state index in [4.69, 9.17) is 9.47 Å². The Labute approximate surface area is 115 Å². The summed E-state index contributed by atoms with van der Waals surface area (Å²) >= 11 is 0. The number of carbonyl (C=O) groups excluding carboxylic acids is 1. The Balaban J connectivity index is 2.44. The number of rotatable bonds is 5. The third-order valence-electron chi connectivity index (χ3n) is 3.60. The van der Waals surface area contributed by atoms with E-state index in [1.165, 1.54) is 0 Å². The first-order valence-electron chi connectivity index (χ1n) is 6.89. The topological polar surface area (TPSA) is 67.8 Å². The fourth-order valence-corrected chi connectivity index (χ4v) is 2.57. The summed E-state index contributed by atoms with van der Waals surface area (Å²) in [4.78, 5) is 11.7. The molecule has 1 aliphatic carbocycles. The minimum absolute atomic E-state index is 0.0823. The highest BCUT2D eigenvalue weighted by Gasteiger charge is 2.39. The van der Waals surface area contributed by atoms with Crippen LogP contribution in [0.1, 0.15) is 46.5 Å². The summed E-state index contributed by atoms with van der Waals surface area (Å²) in [5.41, 5.74) is -0.595. The van der Waals surface area contributed by atoms with Gasteiger partial charge in [0.15, 0.2) is 0 Å². The molecule has 2 N–H and O–H groups in total.